The van der Waals surface area contributed by atoms with Crippen molar-refractivity contribution in [1.82, 2.24) is 19.8 Å². The van der Waals surface area contributed by atoms with Crippen LogP contribution in [-0.4, -0.2) is 46.1 Å². The minimum absolute atomic E-state index is 0.0756. The summed E-state index contributed by atoms with van der Waals surface area (Å²) in [6.07, 6.45) is 4.98. The number of nitrogens with zero attached hydrogens (tertiary/aromatic N) is 3. The summed E-state index contributed by atoms with van der Waals surface area (Å²) >= 11 is 0. The summed E-state index contributed by atoms with van der Waals surface area (Å²) in [5, 5.41) is 16.2. The van der Waals surface area contributed by atoms with Crippen molar-refractivity contribution >= 4 is 11.6 Å². The molecule has 1 aliphatic rings. The van der Waals surface area contributed by atoms with E-state index in [1.54, 1.807) is 12.1 Å². The van der Waals surface area contributed by atoms with Crippen LogP contribution in [0.1, 0.15) is 53.6 Å². The number of aromatic nitrogens is 2. The van der Waals surface area contributed by atoms with Gasteiger partial charge in [0, 0.05) is 25.3 Å². The molecule has 1 amide bonds. The number of carbonyl (C=O) groups excluding carboxylic acids is 1. The van der Waals surface area contributed by atoms with E-state index in [0.717, 1.165) is 19.3 Å². The zero-order valence-corrected chi connectivity index (χ0v) is 18.5. The number of aromatic hydroxyl groups is 1. The molecule has 2 aromatic rings. The molecule has 0 saturated heterocycles. The summed E-state index contributed by atoms with van der Waals surface area (Å²) in [4.78, 5) is 32.0. The van der Waals surface area contributed by atoms with Gasteiger partial charge in [0.15, 0.2) is 5.69 Å². The zero-order chi connectivity index (χ0) is 23.3. The number of amides is 1. The lowest BCUT2D eigenvalue weighted by Gasteiger charge is -2.24. The normalized spacial score (nSPS) is 15.7. The molecule has 3 rings (SSSR count). The first-order valence-corrected chi connectivity index (χ1v) is 10.7. The molecular weight excluding hydrogens is 413 g/mol. The van der Waals surface area contributed by atoms with Gasteiger partial charge >= 0.3 is 0 Å². The number of benzene rings is 1. The summed E-state index contributed by atoms with van der Waals surface area (Å²) < 4.78 is 15.1. The van der Waals surface area contributed by atoms with Gasteiger partial charge in [0.05, 0.1) is 6.04 Å². The van der Waals surface area contributed by atoms with Gasteiger partial charge in [0.2, 0.25) is 5.75 Å². The van der Waals surface area contributed by atoms with E-state index < -0.39 is 23.0 Å². The van der Waals surface area contributed by atoms with E-state index in [9.17, 15) is 19.1 Å². The highest BCUT2D eigenvalue weighted by Crippen LogP contribution is 2.27. The molecule has 1 aliphatic heterocycles. The van der Waals surface area contributed by atoms with E-state index in [0.29, 0.717) is 36.6 Å². The number of rotatable bonds is 8. The first kappa shape index (κ1) is 23.5. The van der Waals surface area contributed by atoms with Crippen molar-refractivity contribution in [3.8, 4) is 5.75 Å². The Kier molecular flexibility index (Phi) is 7.63. The fourth-order valence-electron chi connectivity index (χ4n) is 3.85. The van der Waals surface area contributed by atoms with E-state index in [-0.39, 0.29) is 18.3 Å². The Morgan fingerprint density at radius 1 is 1.41 bits per heavy atom. The van der Waals surface area contributed by atoms with Gasteiger partial charge in [-0.15, -0.1) is 6.58 Å². The second-order valence-corrected chi connectivity index (χ2v) is 8.09. The number of halogens is 1. The molecule has 0 bridgehead atoms. The second-order valence-electron chi connectivity index (χ2n) is 8.09. The molecule has 32 heavy (non-hydrogen) atoms. The molecule has 2 heterocycles. The van der Waals surface area contributed by atoms with Crippen LogP contribution in [0.2, 0.25) is 0 Å². The molecular formula is C23H30FN5O3. The Hall–Kier alpha value is -3.20. The van der Waals surface area contributed by atoms with Crippen LogP contribution in [0.4, 0.5) is 10.1 Å². The highest BCUT2D eigenvalue weighted by molar-refractivity contribution is 5.94. The van der Waals surface area contributed by atoms with E-state index >= 15 is 0 Å². The van der Waals surface area contributed by atoms with Crippen molar-refractivity contribution in [2.45, 2.75) is 44.8 Å². The first-order chi connectivity index (χ1) is 15.3. The van der Waals surface area contributed by atoms with Crippen molar-refractivity contribution in [3.63, 3.8) is 0 Å². The van der Waals surface area contributed by atoms with Gasteiger partial charge in [-0.2, -0.15) is 0 Å². The van der Waals surface area contributed by atoms with E-state index in [1.165, 1.54) is 16.7 Å². The van der Waals surface area contributed by atoms with Gasteiger partial charge in [-0.05, 0) is 57.5 Å². The summed E-state index contributed by atoms with van der Waals surface area (Å²) in [5.74, 6) is -1.23. The third-order valence-corrected chi connectivity index (χ3v) is 5.60. The van der Waals surface area contributed by atoms with Crippen LogP contribution in [0, 0.1) is 5.82 Å². The molecule has 1 aromatic heterocycles. The van der Waals surface area contributed by atoms with Crippen LogP contribution in [0.15, 0.2) is 35.6 Å². The molecule has 0 fully saturated rings. The maximum Gasteiger partial charge on any atom is 0.296 e. The van der Waals surface area contributed by atoms with Crippen molar-refractivity contribution < 1.29 is 14.3 Å². The number of nitrogens with one attached hydrogen (secondary N) is 2. The molecule has 0 spiro atoms. The van der Waals surface area contributed by atoms with E-state index in [2.05, 4.69) is 22.2 Å². The lowest BCUT2D eigenvalue weighted by molar-refractivity contribution is 0.0941. The lowest BCUT2D eigenvalue weighted by atomic mass is 10.1. The Labute approximate surface area is 186 Å². The van der Waals surface area contributed by atoms with Gasteiger partial charge in [0.1, 0.15) is 11.6 Å². The highest BCUT2D eigenvalue weighted by Gasteiger charge is 2.28. The third kappa shape index (κ3) is 5.16. The molecule has 172 valence electrons. The number of anilines is 1. The van der Waals surface area contributed by atoms with Gasteiger partial charge in [0.25, 0.3) is 11.5 Å². The van der Waals surface area contributed by atoms with Crippen LogP contribution in [-0.2, 0) is 13.1 Å². The monoisotopic (exact) mass is 443 g/mol. The number of carbonyl (C=O) groups is 1. The minimum Gasteiger partial charge on any atom is -0.501 e. The molecule has 9 heteroatoms. The molecule has 1 unspecified atom stereocenters. The molecule has 0 radical (unpaired) electrons. The third-order valence-electron chi connectivity index (χ3n) is 5.60. The van der Waals surface area contributed by atoms with Crippen molar-refractivity contribution in [1.29, 1.82) is 0 Å². The Bertz CT molecular complexity index is 1050. The van der Waals surface area contributed by atoms with Gasteiger partial charge in [-0.3, -0.25) is 19.1 Å². The van der Waals surface area contributed by atoms with E-state index in [1.807, 2.05) is 19.0 Å². The average molecular weight is 444 g/mol. The maximum atomic E-state index is 13.7. The topological polar surface area (TPSA) is 99.5 Å². The largest absolute Gasteiger partial charge is 0.501 e. The number of hydrogen-bond donors (Lipinski definition) is 3. The van der Waals surface area contributed by atoms with E-state index in [4.69, 9.17) is 0 Å². The smallest absolute Gasteiger partial charge is 0.296 e. The minimum atomic E-state index is -0.661. The van der Waals surface area contributed by atoms with Crippen molar-refractivity contribution in [2.24, 2.45) is 0 Å². The Morgan fingerprint density at radius 3 is 2.91 bits per heavy atom. The Morgan fingerprint density at radius 2 is 2.19 bits per heavy atom. The summed E-state index contributed by atoms with van der Waals surface area (Å²) in [5.41, 5.74) is 0.320. The first-order valence-electron chi connectivity index (χ1n) is 10.7. The van der Waals surface area contributed by atoms with Crippen molar-refractivity contribution in [2.75, 3.05) is 26.0 Å². The zero-order valence-electron chi connectivity index (χ0n) is 18.5. The van der Waals surface area contributed by atoms with Gasteiger partial charge in [-0.25, -0.2) is 9.37 Å². The number of fused-ring (bicyclic) bond motifs is 1. The second kappa shape index (κ2) is 10.4. The molecule has 0 saturated carbocycles. The van der Waals surface area contributed by atoms with Crippen LogP contribution >= 0.6 is 0 Å². The van der Waals surface area contributed by atoms with Crippen LogP contribution in [0.3, 0.4) is 0 Å². The molecule has 3 N–H and O–H groups in total. The Balaban J connectivity index is 1.86. The maximum absolute atomic E-state index is 13.7. The molecule has 8 nitrogen and oxygen atoms in total. The fraction of sp³-hybridized carbons (Fsp3) is 0.435. The average Bonchev–Trinajstić information content (AvgIpc) is 2.98. The van der Waals surface area contributed by atoms with Crippen LogP contribution < -0.4 is 16.2 Å². The summed E-state index contributed by atoms with van der Waals surface area (Å²) in [6.45, 7) is 4.76. The van der Waals surface area contributed by atoms with Crippen molar-refractivity contribution in [3.05, 3.63) is 64.1 Å². The van der Waals surface area contributed by atoms with Crippen LogP contribution in [0.5, 0.6) is 5.75 Å². The van der Waals surface area contributed by atoms with Gasteiger partial charge in [-0.1, -0.05) is 12.1 Å². The summed E-state index contributed by atoms with van der Waals surface area (Å²) in [7, 11) is 3.79. The summed E-state index contributed by atoms with van der Waals surface area (Å²) in [6, 6.07) is 4.12. The SMILES string of the molecule is C=CCCNc1cc(F)ccc1CNC(=O)c1nc2n(c(=O)c1O)CCCCC2N(C)C. The predicted octanol–water partition coefficient (Wildman–Crippen LogP) is 2.79. The van der Waals surface area contributed by atoms with Crippen LogP contribution in [0.25, 0.3) is 0 Å². The molecule has 1 atom stereocenters. The standard InChI is InChI=1S/C23H30FN5O3/c1-4-5-11-25-17-13-16(24)10-9-15(17)14-26-22(31)19-20(30)23(32)29-12-7-6-8-18(28(2)3)21(29)27-19/h4,9-10,13,18,25,30H,1,5-8,11-12,14H2,2-3H3,(H,26,31). The number of hydrogen-bond acceptors (Lipinski definition) is 6. The van der Waals surface area contributed by atoms with Gasteiger partial charge < -0.3 is 15.7 Å². The fourth-order valence-corrected chi connectivity index (χ4v) is 3.85. The molecule has 1 aromatic carbocycles. The predicted molar refractivity (Wildman–Crippen MR) is 121 cm³/mol. The molecule has 0 aliphatic carbocycles. The quantitative estimate of drug-likeness (QED) is 0.429. The highest BCUT2D eigenvalue weighted by atomic mass is 19.1. The lowest BCUT2D eigenvalue weighted by Crippen LogP contribution is -2.34.